The van der Waals surface area contributed by atoms with Crippen molar-refractivity contribution >= 4 is 45.9 Å². The van der Waals surface area contributed by atoms with Gasteiger partial charge in [-0.05, 0) is 66.9 Å². The fourth-order valence-corrected chi connectivity index (χ4v) is 3.90. The molecule has 4 rings (SSSR count). The van der Waals surface area contributed by atoms with E-state index in [1.807, 2.05) is 56.3 Å². The molecule has 3 aromatic carbocycles. The maximum Gasteiger partial charge on any atom is 0.262 e. The molecule has 1 N–H and O–H groups in total. The number of ether oxygens (including phenoxy) is 1. The number of amides is 1. The van der Waals surface area contributed by atoms with Gasteiger partial charge in [0, 0.05) is 17.1 Å². The predicted octanol–water partition coefficient (Wildman–Crippen LogP) is 6.36. The van der Waals surface area contributed by atoms with Crippen LogP contribution >= 0.6 is 23.2 Å². The summed E-state index contributed by atoms with van der Waals surface area (Å²) >= 11 is 12.1. The number of aromatic nitrogens is 1. The normalized spacial score (nSPS) is 11.0. The number of carbonyl (C=O) groups excluding carboxylic acids is 1. The molecule has 0 aliphatic rings. The van der Waals surface area contributed by atoms with Gasteiger partial charge < -0.3 is 14.5 Å². The molecule has 0 saturated heterocycles. The number of halogens is 2. The summed E-state index contributed by atoms with van der Waals surface area (Å²) in [5.41, 5.74) is 5.25. The Balaban J connectivity index is 1.35. The molecular formula is C24H20Cl2N2O3. The third-order valence-corrected chi connectivity index (χ3v) is 5.22. The van der Waals surface area contributed by atoms with Gasteiger partial charge in [-0.25, -0.2) is 4.98 Å². The van der Waals surface area contributed by atoms with Crippen LogP contribution in [0.15, 0.2) is 59.0 Å². The molecule has 0 aliphatic carbocycles. The number of nitrogens with one attached hydrogen (secondary N) is 1. The summed E-state index contributed by atoms with van der Waals surface area (Å²) in [6.45, 7) is 3.69. The van der Waals surface area contributed by atoms with Crippen LogP contribution in [0.3, 0.4) is 0 Å². The van der Waals surface area contributed by atoms with E-state index in [9.17, 15) is 4.79 Å². The van der Waals surface area contributed by atoms with Gasteiger partial charge in [-0.1, -0.05) is 41.4 Å². The monoisotopic (exact) mass is 454 g/mol. The van der Waals surface area contributed by atoms with Crippen molar-refractivity contribution in [3.05, 3.63) is 87.2 Å². The van der Waals surface area contributed by atoms with E-state index in [-0.39, 0.29) is 12.5 Å². The van der Waals surface area contributed by atoms with Gasteiger partial charge in [0.15, 0.2) is 18.1 Å². The number of aryl methyl sites for hydroxylation is 2. The third kappa shape index (κ3) is 5.19. The number of oxazole rings is 1. The Morgan fingerprint density at radius 1 is 1.06 bits per heavy atom. The number of nitrogens with zero attached hydrogens (tertiary/aromatic N) is 1. The molecule has 0 radical (unpaired) electrons. The van der Waals surface area contributed by atoms with E-state index in [0.717, 1.165) is 27.8 Å². The highest BCUT2D eigenvalue weighted by atomic mass is 35.5. The van der Waals surface area contributed by atoms with E-state index in [1.165, 1.54) is 0 Å². The van der Waals surface area contributed by atoms with Crippen LogP contribution in [0.1, 0.15) is 22.6 Å². The number of benzene rings is 3. The fourth-order valence-electron chi connectivity index (χ4n) is 3.25. The molecule has 7 heteroatoms. The van der Waals surface area contributed by atoms with E-state index in [4.69, 9.17) is 32.4 Å². The summed E-state index contributed by atoms with van der Waals surface area (Å²) in [5, 5.41) is 3.70. The Bertz CT molecular complexity index is 1230. The number of fused-ring (bicyclic) bond motifs is 1. The molecule has 0 fully saturated rings. The Morgan fingerprint density at radius 2 is 1.84 bits per heavy atom. The zero-order valence-electron chi connectivity index (χ0n) is 17.0. The molecule has 158 valence electrons. The van der Waals surface area contributed by atoms with E-state index < -0.39 is 0 Å². The Morgan fingerprint density at radius 3 is 2.58 bits per heavy atom. The van der Waals surface area contributed by atoms with Gasteiger partial charge >= 0.3 is 0 Å². The lowest BCUT2D eigenvalue weighted by molar-refractivity contribution is -0.118. The quantitative estimate of drug-likeness (QED) is 0.368. The molecule has 0 saturated carbocycles. The van der Waals surface area contributed by atoms with Gasteiger partial charge in [0.25, 0.3) is 5.91 Å². The highest BCUT2D eigenvalue weighted by molar-refractivity contribution is 6.35. The summed E-state index contributed by atoms with van der Waals surface area (Å²) in [4.78, 5) is 16.8. The SMILES string of the molecule is Cc1ccc2oc(Cc3ccc(NC(=O)COc4c(C)cc(Cl)cc4Cl)cc3)nc2c1. The van der Waals surface area contributed by atoms with E-state index in [0.29, 0.717) is 33.8 Å². The molecular weight excluding hydrogens is 435 g/mol. The molecule has 31 heavy (non-hydrogen) atoms. The lowest BCUT2D eigenvalue weighted by Gasteiger charge is -2.12. The summed E-state index contributed by atoms with van der Waals surface area (Å²) in [6.07, 6.45) is 0.569. The van der Waals surface area contributed by atoms with E-state index in [1.54, 1.807) is 12.1 Å². The maximum absolute atomic E-state index is 12.2. The van der Waals surface area contributed by atoms with Crippen LogP contribution in [0.25, 0.3) is 11.1 Å². The summed E-state index contributed by atoms with van der Waals surface area (Å²) in [7, 11) is 0. The minimum absolute atomic E-state index is 0.160. The number of carbonyl (C=O) groups is 1. The molecule has 0 atom stereocenters. The topological polar surface area (TPSA) is 64.4 Å². The maximum atomic E-state index is 12.2. The predicted molar refractivity (Wildman–Crippen MR) is 123 cm³/mol. The lowest BCUT2D eigenvalue weighted by atomic mass is 10.1. The molecule has 0 aliphatic heterocycles. The van der Waals surface area contributed by atoms with Crippen LogP contribution in [-0.2, 0) is 11.2 Å². The second-order valence-electron chi connectivity index (χ2n) is 7.32. The Hall–Kier alpha value is -3.02. The largest absolute Gasteiger partial charge is 0.482 e. The molecule has 5 nitrogen and oxygen atoms in total. The highest BCUT2D eigenvalue weighted by Gasteiger charge is 2.11. The van der Waals surface area contributed by atoms with E-state index in [2.05, 4.69) is 10.3 Å². The highest BCUT2D eigenvalue weighted by Crippen LogP contribution is 2.31. The van der Waals surface area contributed by atoms with Crippen LogP contribution < -0.4 is 10.1 Å². The Labute approximate surface area is 189 Å². The average molecular weight is 455 g/mol. The Kier molecular flexibility index (Phi) is 6.16. The van der Waals surface area contributed by atoms with Gasteiger partial charge in [-0.3, -0.25) is 4.79 Å². The average Bonchev–Trinajstić information content (AvgIpc) is 3.10. The molecule has 1 heterocycles. The van der Waals surface area contributed by atoms with Crippen molar-refractivity contribution in [3.8, 4) is 5.75 Å². The van der Waals surface area contributed by atoms with Crippen molar-refractivity contribution in [2.45, 2.75) is 20.3 Å². The first-order valence-corrected chi connectivity index (χ1v) is 10.5. The third-order valence-electron chi connectivity index (χ3n) is 4.72. The van der Waals surface area contributed by atoms with Crippen LogP contribution in [-0.4, -0.2) is 17.5 Å². The fraction of sp³-hybridized carbons (Fsp3) is 0.167. The molecule has 0 bridgehead atoms. The van der Waals surface area contributed by atoms with Crippen molar-refractivity contribution in [2.24, 2.45) is 0 Å². The van der Waals surface area contributed by atoms with Gasteiger partial charge in [0.1, 0.15) is 11.3 Å². The van der Waals surface area contributed by atoms with Crippen molar-refractivity contribution < 1.29 is 13.9 Å². The number of hydrogen-bond donors (Lipinski definition) is 1. The second kappa shape index (κ2) is 9.00. The molecule has 0 unspecified atom stereocenters. The van der Waals surface area contributed by atoms with Gasteiger partial charge in [0.05, 0.1) is 5.02 Å². The smallest absolute Gasteiger partial charge is 0.262 e. The second-order valence-corrected chi connectivity index (χ2v) is 8.17. The first-order chi connectivity index (χ1) is 14.9. The number of anilines is 1. The lowest BCUT2D eigenvalue weighted by Crippen LogP contribution is -2.20. The standard InChI is InChI=1S/C24H20Cl2N2O3/c1-14-3-8-21-20(9-14)28-23(31-21)11-16-4-6-18(7-5-16)27-22(29)13-30-24-15(2)10-17(25)12-19(24)26/h3-10,12H,11,13H2,1-2H3,(H,27,29). The summed E-state index contributed by atoms with van der Waals surface area (Å²) < 4.78 is 11.4. The van der Waals surface area contributed by atoms with Gasteiger partial charge in [0.2, 0.25) is 0 Å². The molecule has 0 spiro atoms. The van der Waals surface area contributed by atoms with Crippen LogP contribution in [0.2, 0.25) is 10.0 Å². The molecule has 1 amide bonds. The number of rotatable bonds is 6. The zero-order valence-corrected chi connectivity index (χ0v) is 18.6. The van der Waals surface area contributed by atoms with Crippen LogP contribution in [0, 0.1) is 13.8 Å². The summed E-state index contributed by atoms with van der Waals surface area (Å²) in [6, 6.07) is 16.8. The van der Waals surface area contributed by atoms with Crippen molar-refractivity contribution in [1.29, 1.82) is 0 Å². The van der Waals surface area contributed by atoms with E-state index >= 15 is 0 Å². The molecule has 1 aromatic heterocycles. The van der Waals surface area contributed by atoms with Crippen molar-refractivity contribution in [3.63, 3.8) is 0 Å². The van der Waals surface area contributed by atoms with Crippen molar-refractivity contribution in [2.75, 3.05) is 11.9 Å². The number of hydrogen-bond acceptors (Lipinski definition) is 4. The van der Waals surface area contributed by atoms with Gasteiger partial charge in [-0.2, -0.15) is 0 Å². The first kappa shape index (κ1) is 21.2. The zero-order chi connectivity index (χ0) is 22.0. The molecule has 4 aromatic rings. The first-order valence-electron chi connectivity index (χ1n) is 9.71. The van der Waals surface area contributed by atoms with Crippen LogP contribution in [0.5, 0.6) is 5.75 Å². The summed E-state index contributed by atoms with van der Waals surface area (Å²) in [5.74, 6) is 0.818. The van der Waals surface area contributed by atoms with Gasteiger partial charge in [-0.15, -0.1) is 0 Å². The van der Waals surface area contributed by atoms with Crippen LogP contribution in [0.4, 0.5) is 5.69 Å². The minimum Gasteiger partial charge on any atom is -0.482 e. The van der Waals surface area contributed by atoms with Crippen molar-refractivity contribution in [1.82, 2.24) is 4.98 Å². The minimum atomic E-state index is -0.285.